The van der Waals surface area contributed by atoms with E-state index in [2.05, 4.69) is 10.5 Å². The summed E-state index contributed by atoms with van der Waals surface area (Å²) in [6.07, 6.45) is -2.15. The lowest BCUT2D eigenvalue weighted by molar-refractivity contribution is -0.160. The molecular formula is C22H20Cl2F4N4O. The van der Waals surface area contributed by atoms with E-state index < -0.39 is 35.6 Å². The highest BCUT2D eigenvalue weighted by atomic mass is 35.5. The first-order chi connectivity index (χ1) is 15.6. The van der Waals surface area contributed by atoms with Gasteiger partial charge in [0, 0.05) is 18.1 Å². The molecule has 0 aliphatic carbocycles. The average molecular weight is 503 g/mol. The highest BCUT2D eigenvalue weighted by Crippen LogP contribution is 2.48. The Morgan fingerprint density at radius 1 is 1.03 bits per heavy atom. The van der Waals surface area contributed by atoms with Gasteiger partial charge >= 0.3 is 6.18 Å². The van der Waals surface area contributed by atoms with Crippen molar-refractivity contribution in [3.8, 4) is 0 Å². The van der Waals surface area contributed by atoms with Gasteiger partial charge in [0.1, 0.15) is 17.4 Å². The summed E-state index contributed by atoms with van der Waals surface area (Å²) in [5.41, 5.74) is 2.15. The molecule has 5 nitrogen and oxygen atoms in total. The predicted molar refractivity (Wildman–Crippen MR) is 119 cm³/mol. The van der Waals surface area contributed by atoms with Crippen LogP contribution in [0.15, 0.2) is 47.6 Å². The van der Waals surface area contributed by atoms with Crippen LogP contribution in [0.5, 0.6) is 0 Å². The molecule has 0 spiro atoms. The summed E-state index contributed by atoms with van der Waals surface area (Å²) in [6, 6.07) is 7.44. The van der Waals surface area contributed by atoms with Gasteiger partial charge in [-0.15, -0.1) is 0 Å². The Hall–Kier alpha value is -2.36. The van der Waals surface area contributed by atoms with Crippen LogP contribution in [0.4, 0.5) is 23.2 Å². The summed E-state index contributed by atoms with van der Waals surface area (Å²) in [5.74, 6) is -3.79. The Bertz CT molecular complexity index is 1060. The van der Waals surface area contributed by atoms with Gasteiger partial charge in [0.25, 0.3) is 5.91 Å². The van der Waals surface area contributed by atoms with Gasteiger partial charge in [0.05, 0.1) is 16.8 Å². The molecule has 2 heterocycles. The second kappa shape index (κ2) is 9.48. The van der Waals surface area contributed by atoms with Crippen molar-refractivity contribution < 1.29 is 22.4 Å². The number of hydrazone groups is 1. The molecule has 2 aromatic rings. The van der Waals surface area contributed by atoms with E-state index >= 15 is 0 Å². The van der Waals surface area contributed by atoms with E-state index in [0.717, 1.165) is 36.4 Å². The number of carbonyl (C=O) groups is 1. The standard InChI is InChI=1S/C22H20Cl2F4N4O/c23-14-6-9-17(16(24)12-14)32-20(13-4-7-15(25)8-5-13)18(22(26,27)28)19(29-32)21(33)30-31-10-2-1-3-11-31/h4-9,12,18,20H,1-3,10-11H2,(H,30,33). The number of nitrogens with one attached hydrogen (secondary N) is 1. The number of amides is 1. The first-order valence-electron chi connectivity index (χ1n) is 10.4. The van der Waals surface area contributed by atoms with Crippen molar-refractivity contribution in [1.29, 1.82) is 0 Å². The molecular weight excluding hydrogens is 483 g/mol. The average Bonchev–Trinajstić information content (AvgIpc) is 3.16. The molecule has 1 fully saturated rings. The number of halogens is 6. The van der Waals surface area contributed by atoms with Crippen LogP contribution in [0, 0.1) is 11.7 Å². The molecule has 11 heteroatoms. The Morgan fingerprint density at radius 2 is 1.70 bits per heavy atom. The summed E-state index contributed by atoms with van der Waals surface area (Å²) in [5, 5.41) is 7.14. The van der Waals surface area contributed by atoms with Crippen molar-refractivity contribution in [3.63, 3.8) is 0 Å². The molecule has 176 valence electrons. The number of hydrazine groups is 1. The van der Waals surface area contributed by atoms with Crippen molar-refractivity contribution >= 4 is 40.5 Å². The zero-order valence-electron chi connectivity index (χ0n) is 17.2. The summed E-state index contributed by atoms with van der Waals surface area (Å²) in [6.45, 7) is 1.09. The van der Waals surface area contributed by atoms with E-state index in [-0.39, 0.29) is 16.3 Å². The van der Waals surface area contributed by atoms with E-state index in [4.69, 9.17) is 23.2 Å². The van der Waals surface area contributed by atoms with Crippen LogP contribution in [0.2, 0.25) is 10.0 Å². The maximum absolute atomic E-state index is 14.4. The van der Waals surface area contributed by atoms with Gasteiger partial charge in [-0.25, -0.2) is 9.40 Å². The highest BCUT2D eigenvalue weighted by molar-refractivity contribution is 6.41. The highest BCUT2D eigenvalue weighted by Gasteiger charge is 2.56. The number of piperidine rings is 1. The predicted octanol–water partition coefficient (Wildman–Crippen LogP) is 5.75. The Kier molecular flexibility index (Phi) is 6.83. The topological polar surface area (TPSA) is 47.9 Å². The minimum absolute atomic E-state index is 0.0666. The molecule has 2 aliphatic rings. The summed E-state index contributed by atoms with van der Waals surface area (Å²) >= 11 is 12.2. The number of hydrogen-bond donors (Lipinski definition) is 1. The number of benzene rings is 2. The molecule has 0 radical (unpaired) electrons. The minimum Gasteiger partial charge on any atom is -0.284 e. The van der Waals surface area contributed by atoms with Gasteiger partial charge in [0.15, 0.2) is 0 Å². The number of nitrogens with zero attached hydrogens (tertiary/aromatic N) is 3. The van der Waals surface area contributed by atoms with Gasteiger partial charge in [-0.3, -0.25) is 15.2 Å². The molecule has 0 bridgehead atoms. The summed E-state index contributed by atoms with van der Waals surface area (Å²) in [7, 11) is 0. The molecule has 0 aromatic heterocycles. The zero-order chi connectivity index (χ0) is 23.8. The van der Waals surface area contributed by atoms with Gasteiger partial charge in [-0.1, -0.05) is 41.8 Å². The minimum atomic E-state index is -4.81. The van der Waals surface area contributed by atoms with Crippen LogP contribution in [-0.2, 0) is 4.79 Å². The number of carbonyl (C=O) groups excluding carboxylic acids is 1. The molecule has 4 rings (SSSR count). The molecule has 1 amide bonds. The number of anilines is 1. The van der Waals surface area contributed by atoms with Gasteiger partial charge < -0.3 is 0 Å². The van der Waals surface area contributed by atoms with E-state index in [1.807, 2.05) is 0 Å². The van der Waals surface area contributed by atoms with Crippen molar-refractivity contribution in [1.82, 2.24) is 10.4 Å². The molecule has 2 unspecified atom stereocenters. The Balaban J connectivity index is 1.79. The van der Waals surface area contributed by atoms with E-state index in [9.17, 15) is 22.4 Å². The lowest BCUT2D eigenvalue weighted by Crippen LogP contribution is -2.50. The lowest BCUT2D eigenvalue weighted by atomic mass is 9.88. The third-order valence-corrected chi connectivity index (χ3v) is 6.20. The van der Waals surface area contributed by atoms with Gasteiger partial charge in [-0.2, -0.15) is 18.3 Å². The van der Waals surface area contributed by atoms with Crippen LogP contribution in [-0.4, -0.2) is 35.9 Å². The molecule has 1 saturated heterocycles. The normalized spacial score (nSPS) is 21.8. The molecule has 2 aromatic carbocycles. The molecule has 2 atom stereocenters. The first kappa shape index (κ1) is 23.8. The maximum atomic E-state index is 14.4. The van der Waals surface area contributed by atoms with Crippen molar-refractivity contribution in [2.24, 2.45) is 11.0 Å². The molecule has 1 N–H and O–H groups in total. The van der Waals surface area contributed by atoms with Crippen LogP contribution in [0.3, 0.4) is 0 Å². The lowest BCUT2D eigenvalue weighted by Gasteiger charge is -2.30. The van der Waals surface area contributed by atoms with Crippen molar-refractivity contribution in [2.45, 2.75) is 31.5 Å². The second-order valence-electron chi connectivity index (χ2n) is 7.93. The van der Waals surface area contributed by atoms with E-state index in [1.165, 1.54) is 30.3 Å². The number of hydrogen-bond acceptors (Lipinski definition) is 4. The fourth-order valence-electron chi connectivity index (χ4n) is 4.12. The first-order valence-corrected chi connectivity index (χ1v) is 11.1. The third-order valence-electron chi connectivity index (χ3n) is 5.66. The van der Waals surface area contributed by atoms with Gasteiger partial charge in [0.2, 0.25) is 0 Å². The van der Waals surface area contributed by atoms with Crippen molar-refractivity contribution in [2.75, 3.05) is 18.1 Å². The molecule has 0 saturated carbocycles. The van der Waals surface area contributed by atoms with Crippen molar-refractivity contribution in [3.05, 3.63) is 63.9 Å². The van der Waals surface area contributed by atoms with Crippen LogP contribution in [0.25, 0.3) is 0 Å². The quantitative estimate of drug-likeness (QED) is 0.541. The zero-order valence-corrected chi connectivity index (χ0v) is 18.8. The Morgan fingerprint density at radius 3 is 2.30 bits per heavy atom. The summed E-state index contributed by atoms with van der Waals surface area (Å²) < 4.78 is 56.7. The number of alkyl halides is 3. The number of rotatable bonds is 4. The second-order valence-corrected chi connectivity index (χ2v) is 8.77. The van der Waals surface area contributed by atoms with Crippen LogP contribution >= 0.6 is 23.2 Å². The molecule has 2 aliphatic heterocycles. The monoisotopic (exact) mass is 502 g/mol. The fourth-order valence-corrected chi connectivity index (χ4v) is 4.62. The van der Waals surface area contributed by atoms with Crippen LogP contribution < -0.4 is 10.4 Å². The SMILES string of the molecule is O=C(NN1CCCCC1)C1=NN(c2ccc(Cl)cc2Cl)C(c2ccc(F)cc2)C1C(F)(F)F. The smallest absolute Gasteiger partial charge is 0.284 e. The fraction of sp³-hybridized carbons (Fsp3) is 0.364. The molecule has 33 heavy (non-hydrogen) atoms. The Labute approximate surface area is 197 Å². The largest absolute Gasteiger partial charge is 0.399 e. The third kappa shape index (κ3) is 5.10. The van der Waals surface area contributed by atoms with E-state index in [1.54, 1.807) is 5.01 Å². The van der Waals surface area contributed by atoms with E-state index in [0.29, 0.717) is 18.1 Å². The van der Waals surface area contributed by atoms with Gasteiger partial charge in [-0.05, 0) is 48.7 Å². The maximum Gasteiger partial charge on any atom is 0.399 e. The summed E-state index contributed by atoms with van der Waals surface area (Å²) in [4.78, 5) is 13.0. The van der Waals surface area contributed by atoms with Crippen LogP contribution in [0.1, 0.15) is 30.9 Å².